The first-order valence-corrected chi connectivity index (χ1v) is 9.11. The highest BCUT2D eigenvalue weighted by atomic mass is 127. The lowest BCUT2D eigenvalue weighted by Crippen LogP contribution is -2.44. The molecule has 23 heavy (non-hydrogen) atoms. The SMILES string of the molecule is COc1cc(I)c(Cl)cc1C(=O)N1CCCC(C2OCCO2)C1. The minimum atomic E-state index is -0.187. The number of amides is 1. The van der Waals surface area contributed by atoms with E-state index in [1.807, 2.05) is 4.90 Å². The Morgan fingerprint density at radius 3 is 2.83 bits per heavy atom. The Hall–Kier alpha value is -0.570. The van der Waals surface area contributed by atoms with Crippen LogP contribution in [0.25, 0.3) is 0 Å². The molecule has 1 amide bonds. The third kappa shape index (κ3) is 3.75. The fourth-order valence-corrected chi connectivity index (χ4v) is 3.70. The maximum absolute atomic E-state index is 12.9. The number of rotatable bonds is 3. The minimum Gasteiger partial charge on any atom is -0.496 e. The number of benzene rings is 1. The highest BCUT2D eigenvalue weighted by Gasteiger charge is 2.33. The monoisotopic (exact) mass is 451 g/mol. The molecule has 1 unspecified atom stereocenters. The van der Waals surface area contributed by atoms with Gasteiger partial charge in [0, 0.05) is 22.6 Å². The summed E-state index contributed by atoms with van der Waals surface area (Å²) in [6.07, 6.45) is 1.77. The number of likely N-dealkylation sites (tertiary alicyclic amines) is 1. The zero-order valence-corrected chi connectivity index (χ0v) is 15.8. The first kappa shape index (κ1) is 17.3. The van der Waals surface area contributed by atoms with Gasteiger partial charge in [-0.1, -0.05) is 11.6 Å². The molecular weight excluding hydrogens is 433 g/mol. The van der Waals surface area contributed by atoms with Crippen molar-refractivity contribution >= 4 is 40.1 Å². The average Bonchev–Trinajstić information content (AvgIpc) is 3.11. The van der Waals surface area contributed by atoms with Gasteiger partial charge >= 0.3 is 0 Å². The van der Waals surface area contributed by atoms with E-state index in [2.05, 4.69) is 22.6 Å². The average molecular weight is 452 g/mol. The summed E-state index contributed by atoms with van der Waals surface area (Å²) in [6.45, 7) is 2.64. The third-order valence-corrected chi connectivity index (χ3v) is 5.77. The molecule has 0 spiro atoms. The van der Waals surface area contributed by atoms with Crippen molar-refractivity contribution in [2.75, 3.05) is 33.4 Å². The second-order valence-electron chi connectivity index (χ2n) is 5.73. The summed E-state index contributed by atoms with van der Waals surface area (Å²) in [5.41, 5.74) is 0.506. The third-order valence-electron chi connectivity index (χ3n) is 4.25. The molecule has 0 bridgehead atoms. The van der Waals surface area contributed by atoms with Crippen molar-refractivity contribution < 1.29 is 19.0 Å². The van der Waals surface area contributed by atoms with E-state index in [4.69, 9.17) is 25.8 Å². The van der Waals surface area contributed by atoms with E-state index in [-0.39, 0.29) is 18.1 Å². The molecule has 5 nitrogen and oxygen atoms in total. The maximum Gasteiger partial charge on any atom is 0.257 e. The first-order chi connectivity index (χ1) is 11.1. The van der Waals surface area contributed by atoms with Gasteiger partial charge in [0.1, 0.15) is 5.75 Å². The van der Waals surface area contributed by atoms with Crippen LogP contribution >= 0.6 is 34.2 Å². The fraction of sp³-hybridized carbons (Fsp3) is 0.562. The van der Waals surface area contributed by atoms with Crippen molar-refractivity contribution in [3.8, 4) is 5.75 Å². The Morgan fingerprint density at radius 2 is 2.13 bits per heavy atom. The molecule has 2 aliphatic rings. The number of ether oxygens (including phenoxy) is 3. The molecule has 1 aromatic carbocycles. The predicted molar refractivity (Wildman–Crippen MR) is 95.0 cm³/mol. The van der Waals surface area contributed by atoms with Crippen LogP contribution in [0.5, 0.6) is 5.75 Å². The van der Waals surface area contributed by atoms with Crippen LogP contribution < -0.4 is 4.74 Å². The van der Waals surface area contributed by atoms with E-state index in [9.17, 15) is 4.79 Å². The van der Waals surface area contributed by atoms with Crippen LogP contribution in [0.15, 0.2) is 12.1 Å². The van der Waals surface area contributed by atoms with Crippen molar-refractivity contribution in [1.82, 2.24) is 4.90 Å². The number of piperidine rings is 1. The molecule has 0 aromatic heterocycles. The van der Waals surface area contributed by atoms with Crippen molar-refractivity contribution in [3.05, 3.63) is 26.3 Å². The number of hydrogen-bond donors (Lipinski definition) is 0. The molecule has 0 radical (unpaired) electrons. The zero-order chi connectivity index (χ0) is 16.4. The molecule has 2 aliphatic heterocycles. The van der Waals surface area contributed by atoms with Crippen molar-refractivity contribution in [2.24, 2.45) is 5.92 Å². The molecule has 7 heteroatoms. The topological polar surface area (TPSA) is 48.0 Å². The molecule has 2 fully saturated rings. The standard InChI is InChI=1S/C16H19ClINO4/c1-21-14-8-13(18)12(17)7-11(14)15(20)19-4-2-3-10(9-19)16-22-5-6-23-16/h7-8,10,16H,2-6,9H2,1H3. The van der Waals surface area contributed by atoms with Crippen molar-refractivity contribution in [2.45, 2.75) is 19.1 Å². The molecule has 126 valence electrons. The summed E-state index contributed by atoms with van der Waals surface area (Å²) < 4.78 is 17.4. The summed E-state index contributed by atoms with van der Waals surface area (Å²) in [6, 6.07) is 3.48. The van der Waals surface area contributed by atoms with Crippen LogP contribution in [0.3, 0.4) is 0 Å². The van der Waals surface area contributed by atoms with Gasteiger partial charge < -0.3 is 19.1 Å². The van der Waals surface area contributed by atoms with E-state index in [0.29, 0.717) is 36.1 Å². The van der Waals surface area contributed by atoms with E-state index in [0.717, 1.165) is 23.0 Å². The summed E-state index contributed by atoms with van der Waals surface area (Å²) in [5.74, 6) is 0.725. The number of carbonyl (C=O) groups excluding carboxylic acids is 1. The largest absolute Gasteiger partial charge is 0.496 e. The molecule has 1 atom stereocenters. The van der Waals surface area contributed by atoms with Gasteiger partial charge in [-0.15, -0.1) is 0 Å². The number of methoxy groups -OCH3 is 1. The number of halogens is 2. The van der Waals surface area contributed by atoms with Gasteiger partial charge in [0.25, 0.3) is 5.91 Å². The molecular formula is C16H19ClINO4. The fourth-order valence-electron chi connectivity index (χ4n) is 3.10. The smallest absolute Gasteiger partial charge is 0.257 e. The highest BCUT2D eigenvalue weighted by Crippen LogP contribution is 2.31. The highest BCUT2D eigenvalue weighted by molar-refractivity contribution is 14.1. The van der Waals surface area contributed by atoms with E-state index >= 15 is 0 Å². The summed E-state index contributed by atoms with van der Waals surface area (Å²) in [4.78, 5) is 14.8. The van der Waals surface area contributed by atoms with Crippen LogP contribution in [0.2, 0.25) is 5.02 Å². The zero-order valence-electron chi connectivity index (χ0n) is 12.9. The second kappa shape index (κ2) is 7.55. The number of carbonyl (C=O) groups is 1. The molecule has 0 saturated carbocycles. The Kier molecular flexibility index (Phi) is 5.66. The molecule has 0 aliphatic carbocycles. The lowest BCUT2D eigenvalue weighted by atomic mass is 9.96. The normalized spacial score (nSPS) is 22.4. The van der Waals surface area contributed by atoms with Gasteiger partial charge in [-0.2, -0.15) is 0 Å². The summed E-state index contributed by atoms with van der Waals surface area (Å²) in [7, 11) is 1.56. The number of nitrogens with zero attached hydrogens (tertiary/aromatic N) is 1. The Bertz CT molecular complexity index is 592. The van der Waals surface area contributed by atoms with Gasteiger partial charge in [-0.25, -0.2) is 0 Å². The van der Waals surface area contributed by atoms with Crippen LogP contribution in [0.4, 0.5) is 0 Å². The van der Waals surface area contributed by atoms with Gasteiger partial charge in [0.2, 0.25) is 0 Å². The van der Waals surface area contributed by atoms with Crippen LogP contribution in [-0.2, 0) is 9.47 Å². The van der Waals surface area contributed by atoms with Crippen LogP contribution in [0.1, 0.15) is 23.2 Å². The van der Waals surface area contributed by atoms with E-state index in [1.54, 1.807) is 19.2 Å². The minimum absolute atomic E-state index is 0.0529. The predicted octanol–water partition coefficient (Wildman–Crippen LogP) is 3.18. The lowest BCUT2D eigenvalue weighted by molar-refractivity contribution is -0.0969. The second-order valence-corrected chi connectivity index (χ2v) is 7.30. The van der Waals surface area contributed by atoms with Gasteiger partial charge in [-0.3, -0.25) is 4.79 Å². The van der Waals surface area contributed by atoms with E-state index in [1.165, 1.54) is 0 Å². The molecule has 2 saturated heterocycles. The van der Waals surface area contributed by atoms with E-state index < -0.39 is 0 Å². The van der Waals surface area contributed by atoms with Gasteiger partial charge in [0.15, 0.2) is 6.29 Å². The molecule has 0 N–H and O–H groups in total. The molecule has 3 rings (SSSR count). The van der Waals surface area contributed by atoms with Gasteiger partial charge in [-0.05, 0) is 47.6 Å². The Labute approximate surface area is 154 Å². The van der Waals surface area contributed by atoms with Crippen LogP contribution in [-0.4, -0.2) is 50.5 Å². The molecule has 2 heterocycles. The molecule has 1 aromatic rings. The van der Waals surface area contributed by atoms with Crippen molar-refractivity contribution in [1.29, 1.82) is 0 Å². The Morgan fingerprint density at radius 1 is 1.39 bits per heavy atom. The summed E-state index contributed by atoms with van der Waals surface area (Å²) in [5, 5.41) is 0.561. The number of hydrogen-bond acceptors (Lipinski definition) is 4. The van der Waals surface area contributed by atoms with Gasteiger partial charge in [0.05, 0.1) is 30.9 Å². The van der Waals surface area contributed by atoms with Crippen molar-refractivity contribution in [3.63, 3.8) is 0 Å². The lowest BCUT2D eigenvalue weighted by Gasteiger charge is -2.35. The van der Waals surface area contributed by atoms with Crippen LogP contribution in [0, 0.1) is 9.49 Å². The quantitative estimate of drug-likeness (QED) is 0.663. The Balaban J connectivity index is 1.78. The summed E-state index contributed by atoms with van der Waals surface area (Å²) >= 11 is 8.31. The first-order valence-electron chi connectivity index (χ1n) is 7.65. The maximum atomic E-state index is 12.9.